The minimum Gasteiger partial charge on any atom is -0.461 e. The van der Waals surface area contributed by atoms with Crippen molar-refractivity contribution in [3.63, 3.8) is 0 Å². The molecule has 3 rings (SSSR count). The second-order valence-electron chi connectivity index (χ2n) is 4.62. The third-order valence-corrected chi connectivity index (χ3v) is 3.50. The first kappa shape index (κ1) is 13.7. The minimum absolute atomic E-state index is 0.339. The lowest BCUT2D eigenvalue weighted by atomic mass is 10.2. The molecule has 0 spiro atoms. The van der Waals surface area contributed by atoms with Crippen LogP contribution in [0.3, 0.4) is 0 Å². The summed E-state index contributed by atoms with van der Waals surface area (Å²) in [5, 5.41) is 1.58. The molecule has 0 aliphatic rings. The summed E-state index contributed by atoms with van der Waals surface area (Å²) in [4.78, 5) is 12.2. The molecule has 3 aromatic rings. The number of ether oxygens (including phenoxy) is 1. The first-order valence-electron chi connectivity index (χ1n) is 6.74. The molecule has 0 atom stereocenters. The summed E-state index contributed by atoms with van der Waals surface area (Å²) >= 11 is 6.10. The second kappa shape index (κ2) is 5.62. The fourth-order valence-electron chi connectivity index (χ4n) is 2.38. The van der Waals surface area contributed by atoms with Crippen LogP contribution in [-0.4, -0.2) is 17.1 Å². The summed E-state index contributed by atoms with van der Waals surface area (Å²) in [6.45, 7) is 2.14. The quantitative estimate of drug-likeness (QED) is 0.669. The average Bonchev–Trinajstić information content (AvgIpc) is 2.87. The number of carbonyl (C=O) groups excluding carboxylic acids is 1. The molecule has 4 heteroatoms. The maximum absolute atomic E-state index is 12.2. The Morgan fingerprint density at radius 1 is 1.14 bits per heavy atom. The molecule has 0 saturated carbocycles. The van der Waals surface area contributed by atoms with Crippen LogP contribution in [-0.2, 0) is 4.74 Å². The molecule has 21 heavy (non-hydrogen) atoms. The van der Waals surface area contributed by atoms with Crippen LogP contribution in [0.25, 0.3) is 16.6 Å². The Morgan fingerprint density at radius 3 is 2.62 bits per heavy atom. The highest BCUT2D eigenvalue weighted by atomic mass is 35.5. The molecule has 0 amide bonds. The molecule has 0 N–H and O–H groups in total. The molecular weight excluding hydrogens is 286 g/mol. The van der Waals surface area contributed by atoms with Crippen LogP contribution < -0.4 is 0 Å². The molecular formula is C17H14ClNO2. The van der Waals surface area contributed by atoms with Crippen molar-refractivity contribution in [2.45, 2.75) is 6.92 Å². The van der Waals surface area contributed by atoms with E-state index >= 15 is 0 Å². The zero-order valence-corrected chi connectivity index (χ0v) is 12.3. The van der Waals surface area contributed by atoms with E-state index in [0.29, 0.717) is 17.3 Å². The number of halogens is 1. The van der Waals surface area contributed by atoms with E-state index < -0.39 is 0 Å². The van der Waals surface area contributed by atoms with Crippen LogP contribution in [0.15, 0.2) is 54.6 Å². The number of esters is 1. The van der Waals surface area contributed by atoms with Gasteiger partial charge in [-0.15, -0.1) is 0 Å². The summed E-state index contributed by atoms with van der Waals surface area (Å²) in [7, 11) is 0. The first-order chi connectivity index (χ1) is 10.2. The highest BCUT2D eigenvalue weighted by molar-refractivity contribution is 6.31. The van der Waals surface area contributed by atoms with E-state index in [9.17, 15) is 4.79 Å². The van der Waals surface area contributed by atoms with Gasteiger partial charge in [0, 0.05) is 16.1 Å². The largest absolute Gasteiger partial charge is 0.461 e. The van der Waals surface area contributed by atoms with Gasteiger partial charge in [0.05, 0.1) is 12.1 Å². The fourth-order valence-corrected chi connectivity index (χ4v) is 2.55. The van der Waals surface area contributed by atoms with E-state index in [1.54, 1.807) is 6.92 Å². The zero-order chi connectivity index (χ0) is 14.8. The van der Waals surface area contributed by atoms with Crippen LogP contribution in [0, 0.1) is 0 Å². The van der Waals surface area contributed by atoms with Gasteiger partial charge >= 0.3 is 5.97 Å². The predicted octanol–water partition coefficient (Wildman–Crippen LogP) is 4.46. The number of carbonyl (C=O) groups is 1. The molecule has 106 valence electrons. The summed E-state index contributed by atoms with van der Waals surface area (Å²) in [5.41, 5.74) is 2.29. The van der Waals surface area contributed by atoms with Gasteiger partial charge in [0.15, 0.2) is 0 Å². The summed E-state index contributed by atoms with van der Waals surface area (Å²) in [6.07, 6.45) is 0. The Morgan fingerprint density at radius 2 is 1.90 bits per heavy atom. The smallest absolute Gasteiger partial charge is 0.355 e. The molecule has 0 bridgehead atoms. The number of rotatable bonds is 3. The van der Waals surface area contributed by atoms with Crippen LogP contribution in [0.4, 0.5) is 0 Å². The normalized spacial score (nSPS) is 10.8. The van der Waals surface area contributed by atoms with E-state index in [1.165, 1.54) is 0 Å². The number of hydrogen-bond acceptors (Lipinski definition) is 2. The van der Waals surface area contributed by atoms with Crippen molar-refractivity contribution in [2.24, 2.45) is 0 Å². The average molecular weight is 300 g/mol. The van der Waals surface area contributed by atoms with Gasteiger partial charge in [-0.3, -0.25) is 0 Å². The van der Waals surface area contributed by atoms with Crippen molar-refractivity contribution in [1.29, 1.82) is 0 Å². The van der Waals surface area contributed by atoms with Crippen molar-refractivity contribution in [3.05, 3.63) is 65.3 Å². The van der Waals surface area contributed by atoms with Crippen LogP contribution in [0.5, 0.6) is 0 Å². The number of fused-ring (bicyclic) bond motifs is 1. The molecule has 1 aromatic heterocycles. The number of hydrogen-bond donors (Lipinski definition) is 0. The van der Waals surface area contributed by atoms with Crippen molar-refractivity contribution >= 4 is 28.5 Å². The van der Waals surface area contributed by atoms with Crippen LogP contribution >= 0.6 is 11.6 Å². The Balaban J connectivity index is 2.29. The molecule has 0 aliphatic carbocycles. The van der Waals surface area contributed by atoms with Gasteiger partial charge in [0.2, 0.25) is 0 Å². The van der Waals surface area contributed by atoms with Gasteiger partial charge < -0.3 is 9.30 Å². The van der Waals surface area contributed by atoms with E-state index in [-0.39, 0.29) is 5.97 Å². The summed E-state index contributed by atoms with van der Waals surface area (Å²) in [5.74, 6) is -0.339. The Kier molecular flexibility index (Phi) is 3.67. The molecule has 3 nitrogen and oxygen atoms in total. The van der Waals surface area contributed by atoms with E-state index in [1.807, 2.05) is 59.2 Å². The van der Waals surface area contributed by atoms with Gasteiger partial charge in [-0.25, -0.2) is 4.79 Å². The highest BCUT2D eigenvalue weighted by Crippen LogP contribution is 2.27. The predicted molar refractivity (Wildman–Crippen MR) is 84.2 cm³/mol. The molecule has 0 aliphatic heterocycles. The maximum Gasteiger partial charge on any atom is 0.355 e. The van der Waals surface area contributed by atoms with Gasteiger partial charge in [0.25, 0.3) is 0 Å². The maximum atomic E-state index is 12.2. The third-order valence-electron chi connectivity index (χ3n) is 3.27. The lowest BCUT2D eigenvalue weighted by molar-refractivity contribution is 0.0517. The first-order valence-corrected chi connectivity index (χ1v) is 7.12. The molecule has 0 saturated heterocycles. The van der Waals surface area contributed by atoms with Crippen molar-refractivity contribution in [2.75, 3.05) is 6.61 Å². The Hall–Kier alpha value is -2.26. The number of nitrogens with zero attached hydrogens (tertiary/aromatic N) is 1. The van der Waals surface area contributed by atoms with Crippen molar-refractivity contribution in [3.8, 4) is 5.69 Å². The molecule has 0 fully saturated rings. The molecule has 1 heterocycles. The second-order valence-corrected chi connectivity index (χ2v) is 5.06. The molecule has 0 unspecified atom stereocenters. The van der Waals surface area contributed by atoms with Gasteiger partial charge in [-0.05, 0) is 37.3 Å². The number of aromatic nitrogens is 1. The molecule has 0 radical (unpaired) electrons. The van der Waals surface area contributed by atoms with Crippen molar-refractivity contribution in [1.82, 2.24) is 4.57 Å². The van der Waals surface area contributed by atoms with Crippen LogP contribution in [0.2, 0.25) is 5.02 Å². The lowest BCUT2D eigenvalue weighted by Gasteiger charge is -2.10. The molecule has 2 aromatic carbocycles. The van der Waals surface area contributed by atoms with Gasteiger partial charge in [0.1, 0.15) is 5.69 Å². The summed E-state index contributed by atoms with van der Waals surface area (Å²) in [6, 6.07) is 17.1. The fraction of sp³-hybridized carbons (Fsp3) is 0.118. The third kappa shape index (κ3) is 2.52. The number of benzene rings is 2. The number of para-hydroxylation sites is 1. The monoisotopic (exact) mass is 299 g/mol. The SMILES string of the molecule is CCOC(=O)c1cc2ccc(Cl)cc2n1-c1ccccc1. The topological polar surface area (TPSA) is 31.2 Å². The van der Waals surface area contributed by atoms with E-state index in [4.69, 9.17) is 16.3 Å². The van der Waals surface area contributed by atoms with Crippen LogP contribution in [0.1, 0.15) is 17.4 Å². The lowest BCUT2D eigenvalue weighted by Crippen LogP contribution is -2.10. The summed E-state index contributed by atoms with van der Waals surface area (Å²) < 4.78 is 7.03. The van der Waals surface area contributed by atoms with Gasteiger partial charge in [-0.1, -0.05) is 35.9 Å². The Bertz CT molecular complexity index is 793. The Labute approximate surface area is 127 Å². The zero-order valence-electron chi connectivity index (χ0n) is 11.5. The van der Waals surface area contributed by atoms with Crippen molar-refractivity contribution < 1.29 is 9.53 Å². The minimum atomic E-state index is -0.339. The highest BCUT2D eigenvalue weighted by Gasteiger charge is 2.17. The van der Waals surface area contributed by atoms with E-state index in [2.05, 4.69) is 0 Å². The van der Waals surface area contributed by atoms with Gasteiger partial charge in [-0.2, -0.15) is 0 Å². The standard InChI is InChI=1S/C17H14ClNO2/c1-2-21-17(20)16-10-12-8-9-13(18)11-15(12)19(16)14-6-4-3-5-7-14/h3-11H,2H2,1H3. The van der Waals surface area contributed by atoms with E-state index in [0.717, 1.165) is 16.6 Å².